The fourth-order valence-electron chi connectivity index (χ4n) is 2.62. The van der Waals surface area contributed by atoms with Crippen molar-refractivity contribution >= 4 is 17.5 Å². The zero-order chi connectivity index (χ0) is 14.5. The Balaban J connectivity index is 1.87. The Morgan fingerprint density at radius 1 is 1.30 bits per heavy atom. The predicted octanol–water partition coefficient (Wildman–Crippen LogP) is 3.22. The molecule has 0 aromatic heterocycles. The Kier molecular flexibility index (Phi) is 4.77. The van der Waals surface area contributed by atoms with Crippen LogP contribution in [0.5, 0.6) is 0 Å². The molecule has 2 amide bonds. The minimum atomic E-state index is -0.0713. The molecule has 1 saturated heterocycles. The number of nitrogens with one attached hydrogen (secondary N) is 1. The summed E-state index contributed by atoms with van der Waals surface area (Å²) in [7, 11) is 0. The Labute approximate surface area is 120 Å². The molecule has 2 rings (SSSR count). The van der Waals surface area contributed by atoms with Crippen LogP contribution in [0.25, 0.3) is 0 Å². The Morgan fingerprint density at radius 2 is 2.00 bits per heavy atom. The van der Waals surface area contributed by atoms with Crippen molar-refractivity contribution in [1.29, 1.82) is 0 Å². The molecule has 1 heterocycles. The Morgan fingerprint density at radius 3 is 2.60 bits per heavy atom. The number of aryl methyl sites for hydroxylation is 1. The highest BCUT2D eigenvalue weighted by molar-refractivity contribution is 5.89. The summed E-state index contributed by atoms with van der Waals surface area (Å²) >= 11 is 0. The maximum Gasteiger partial charge on any atom is 0.321 e. The van der Waals surface area contributed by atoms with Crippen molar-refractivity contribution < 1.29 is 9.59 Å². The summed E-state index contributed by atoms with van der Waals surface area (Å²) in [5, 5.41) is 2.91. The molecule has 0 spiro atoms. The third-order valence-electron chi connectivity index (χ3n) is 3.86. The molecule has 4 nitrogen and oxygen atoms in total. The average molecular weight is 274 g/mol. The number of urea groups is 1. The number of anilines is 1. The molecule has 1 N–H and O–H groups in total. The van der Waals surface area contributed by atoms with Crippen molar-refractivity contribution in [3.8, 4) is 0 Å². The number of hydrogen-bond donors (Lipinski definition) is 1. The van der Waals surface area contributed by atoms with E-state index in [-0.39, 0.29) is 11.9 Å². The molecule has 0 aliphatic carbocycles. The Bertz CT molecular complexity index is 491. The summed E-state index contributed by atoms with van der Waals surface area (Å²) < 4.78 is 0. The van der Waals surface area contributed by atoms with Gasteiger partial charge < -0.3 is 10.2 Å². The SMILES string of the molecule is CCC(=O)C1CCN(C(=O)Nc2cccc(C)c2)CC1. The third-order valence-corrected chi connectivity index (χ3v) is 3.86. The van der Waals surface area contributed by atoms with Crippen LogP contribution in [-0.4, -0.2) is 29.8 Å². The zero-order valence-corrected chi connectivity index (χ0v) is 12.2. The van der Waals surface area contributed by atoms with Gasteiger partial charge in [0.2, 0.25) is 0 Å². The molecule has 1 aliphatic heterocycles. The van der Waals surface area contributed by atoms with Gasteiger partial charge in [-0.15, -0.1) is 0 Å². The van der Waals surface area contributed by atoms with Gasteiger partial charge in [-0.2, -0.15) is 0 Å². The highest BCUT2D eigenvalue weighted by Gasteiger charge is 2.26. The van der Waals surface area contributed by atoms with Crippen molar-refractivity contribution in [2.24, 2.45) is 5.92 Å². The molecular formula is C16H22N2O2. The van der Waals surface area contributed by atoms with E-state index in [2.05, 4.69) is 5.32 Å². The van der Waals surface area contributed by atoms with Gasteiger partial charge in [0.1, 0.15) is 5.78 Å². The third kappa shape index (κ3) is 3.59. The summed E-state index contributed by atoms with van der Waals surface area (Å²) in [6.07, 6.45) is 2.17. The summed E-state index contributed by atoms with van der Waals surface area (Å²) in [6, 6.07) is 7.69. The standard InChI is InChI=1S/C16H22N2O2/c1-3-15(19)13-7-9-18(10-8-13)16(20)17-14-6-4-5-12(2)11-14/h4-6,11,13H,3,7-10H2,1-2H3,(H,17,20). The van der Waals surface area contributed by atoms with Crippen LogP contribution in [0.4, 0.5) is 10.5 Å². The second kappa shape index (κ2) is 6.55. The van der Waals surface area contributed by atoms with Gasteiger partial charge in [0, 0.05) is 31.1 Å². The number of ketones is 1. The number of rotatable bonds is 3. The van der Waals surface area contributed by atoms with Gasteiger partial charge in [-0.1, -0.05) is 19.1 Å². The zero-order valence-electron chi connectivity index (χ0n) is 12.2. The fourth-order valence-corrected chi connectivity index (χ4v) is 2.62. The smallest absolute Gasteiger partial charge is 0.321 e. The summed E-state index contributed by atoms with van der Waals surface area (Å²) in [6.45, 7) is 5.22. The van der Waals surface area contributed by atoms with Crippen LogP contribution >= 0.6 is 0 Å². The van der Waals surface area contributed by atoms with E-state index in [9.17, 15) is 9.59 Å². The normalized spacial score (nSPS) is 16.0. The number of likely N-dealkylation sites (tertiary alicyclic amines) is 1. The van der Waals surface area contributed by atoms with Crippen molar-refractivity contribution in [3.63, 3.8) is 0 Å². The molecule has 20 heavy (non-hydrogen) atoms. The van der Waals surface area contributed by atoms with Gasteiger partial charge in [0.05, 0.1) is 0 Å². The molecule has 4 heteroatoms. The summed E-state index contributed by atoms with van der Waals surface area (Å²) in [5.41, 5.74) is 1.94. The number of hydrogen-bond acceptors (Lipinski definition) is 2. The number of carbonyl (C=O) groups excluding carboxylic acids is 2. The molecule has 1 fully saturated rings. The monoisotopic (exact) mass is 274 g/mol. The van der Waals surface area contributed by atoms with Gasteiger partial charge in [-0.25, -0.2) is 4.79 Å². The first-order valence-electron chi connectivity index (χ1n) is 7.25. The maximum atomic E-state index is 12.2. The number of Topliss-reactive ketones (excluding diaryl/α,β-unsaturated/α-hetero) is 1. The highest BCUT2D eigenvalue weighted by atomic mass is 16.2. The maximum absolute atomic E-state index is 12.2. The van der Waals surface area contributed by atoms with Crippen molar-refractivity contribution in [1.82, 2.24) is 4.90 Å². The first-order chi connectivity index (χ1) is 9.60. The van der Waals surface area contributed by atoms with Gasteiger partial charge in [-0.3, -0.25) is 4.79 Å². The molecule has 108 valence electrons. The van der Waals surface area contributed by atoms with E-state index in [4.69, 9.17) is 0 Å². The van der Waals surface area contributed by atoms with Gasteiger partial charge in [0.25, 0.3) is 0 Å². The lowest BCUT2D eigenvalue weighted by Gasteiger charge is -2.31. The van der Waals surface area contributed by atoms with E-state index in [1.807, 2.05) is 38.1 Å². The molecule has 0 atom stereocenters. The number of amides is 2. The van der Waals surface area contributed by atoms with Gasteiger partial charge in [-0.05, 0) is 37.5 Å². The van der Waals surface area contributed by atoms with Crippen LogP contribution in [0, 0.1) is 12.8 Å². The number of benzene rings is 1. The molecular weight excluding hydrogens is 252 g/mol. The van der Waals surface area contributed by atoms with Crippen molar-refractivity contribution in [2.75, 3.05) is 18.4 Å². The highest BCUT2D eigenvalue weighted by Crippen LogP contribution is 2.20. The van der Waals surface area contributed by atoms with Crippen molar-refractivity contribution in [2.45, 2.75) is 33.1 Å². The summed E-state index contributed by atoms with van der Waals surface area (Å²) in [5.74, 6) is 0.465. The molecule has 1 aliphatic rings. The minimum absolute atomic E-state index is 0.0713. The topological polar surface area (TPSA) is 49.4 Å². The average Bonchev–Trinajstić information content (AvgIpc) is 2.46. The van der Waals surface area contributed by atoms with Gasteiger partial charge >= 0.3 is 6.03 Å². The van der Waals surface area contributed by atoms with Crippen LogP contribution in [0.2, 0.25) is 0 Å². The van der Waals surface area contributed by atoms with E-state index in [1.165, 1.54) is 0 Å². The van der Waals surface area contributed by atoms with E-state index < -0.39 is 0 Å². The van der Waals surface area contributed by atoms with Crippen LogP contribution < -0.4 is 5.32 Å². The quantitative estimate of drug-likeness (QED) is 0.920. The predicted molar refractivity (Wildman–Crippen MR) is 79.8 cm³/mol. The number of nitrogens with zero attached hydrogens (tertiary/aromatic N) is 1. The number of carbonyl (C=O) groups is 2. The van der Waals surface area contributed by atoms with Crippen LogP contribution in [0.3, 0.4) is 0 Å². The second-order valence-electron chi connectivity index (χ2n) is 5.38. The van der Waals surface area contributed by atoms with E-state index in [1.54, 1.807) is 4.90 Å². The first kappa shape index (κ1) is 14.6. The fraction of sp³-hybridized carbons (Fsp3) is 0.500. The lowest BCUT2D eigenvalue weighted by atomic mass is 9.91. The van der Waals surface area contributed by atoms with Crippen molar-refractivity contribution in [3.05, 3.63) is 29.8 Å². The van der Waals surface area contributed by atoms with Gasteiger partial charge in [0.15, 0.2) is 0 Å². The second-order valence-corrected chi connectivity index (χ2v) is 5.38. The molecule has 0 unspecified atom stereocenters. The number of piperidine rings is 1. The Hall–Kier alpha value is -1.84. The largest absolute Gasteiger partial charge is 0.324 e. The molecule has 0 bridgehead atoms. The molecule has 1 aromatic rings. The lowest BCUT2D eigenvalue weighted by Crippen LogP contribution is -2.42. The van der Waals surface area contributed by atoms with Crippen LogP contribution in [0.1, 0.15) is 31.7 Å². The summed E-state index contributed by atoms with van der Waals surface area (Å²) in [4.78, 5) is 25.6. The van der Waals surface area contributed by atoms with E-state index in [0.717, 1.165) is 24.1 Å². The van der Waals surface area contributed by atoms with Crippen LogP contribution in [-0.2, 0) is 4.79 Å². The molecule has 1 aromatic carbocycles. The molecule has 0 saturated carbocycles. The minimum Gasteiger partial charge on any atom is -0.324 e. The van der Waals surface area contributed by atoms with E-state index in [0.29, 0.717) is 25.3 Å². The first-order valence-corrected chi connectivity index (χ1v) is 7.25. The lowest BCUT2D eigenvalue weighted by molar-refractivity contribution is -0.123. The van der Waals surface area contributed by atoms with Crippen LogP contribution in [0.15, 0.2) is 24.3 Å². The molecule has 0 radical (unpaired) electrons. The van der Waals surface area contributed by atoms with E-state index >= 15 is 0 Å².